The molecule has 0 aromatic heterocycles. The lowest BCUT2D eigenvalue weighted by Gasteiger charge is -2.12. The molecule has 8 heteroatoms. The highest BCUT2D eigenvalue weighted by Crippen LogP contribution is 2.14. The van der Waals surface area contributed by atoms with Crippen molar-refractivity contribution in [3.05, 3.63) is 29.3 Å². The predicted octanol–water partition coefficient (Wildman–Crippen LogP) is 0.699. The highest BCUT2D eigenvalue weighted by Gasteiger charge is 2.42. The molecule has 1 saturated heterocycles. The molecule has 5 amide bonds. The van der Waals surface area contributed by atoms with Crippen molar-refractivity contribution >= 4 is 41.0 Å². The van der Waals surface area contributed by atoms with E-state index in [0.29, 0.717) is 20.5 Å². The molecule has 1 fully saturated rings. The number of nitrogens with one attached hydrogen (secondary N) is 1. The minimum absolute atomic E-state index is 0.471. The molecule has 1 N–H and O–H groups in total. The topological polar surface area (TPSA) is 86.8 Å². The molecular formula is C12H10ClN3O4. The zero-order valence-corrected chi connectivity index (χ0v) is 11.2. The van der Waals surface area contributed by atoms with E-state index < -0.39 is 30.3 Å². The largest absolute Gasteiger partial charge is 0.334 e. The molecule has 2 rings (SSSR count). The van der Waals surface area contributed by atoms with Gasteiger partial charge in [-0.3, -0.25) is 19.3 Å². The lowest BCUT2D eigenvalue weighted by atomic mass is 10.3. The molecule has 1 aromatic rings. The van der Waals surface area contributed by atoms with Crippen molar-refractivity contribution in [3.63, 3.8) is 0 Å². The number of amides is 5. The minimum atomic E-state index is -1.01. The van der Waals surface area contributed by atoms with Crippen molar-refractivity contribution in [2.75, 3.05) is 18.9 Å². The van der Waals surface area contributed by atoms with Gasteiger partial charge in [0.05, 0.1) is 0 Å². The van der Waals surface area contributed by atoms with Crippen LogP contribution in [0, 0.1) is 0 Å². The number of hydrogen-bond donors (Lipinski definition) is 1. The Hall–Kier alpha value is -2.41. The number of anilines is 1. The smallest absolute Gasteiger partial charge is 0.325 e. The van der Waals surface area contributed by atoms with Gasteiger partial charge in [-0.15, -0.1) is 0 Å². The molecule has 1 heterocycles. The van der Waals surface area contributed by atoms with E-state index in [1.54, 1.807) is 24.3 Å². The lowest BCUT2D eigenvalue weighted by Crippen LogP contribution is -2.38. The van der Waals surface area contributed by atoms with E-state index in [9.17, 15) is 19.2 Å². The number of carbonyl (C=O) groups excluding carboxylic acids is 4. The van der Waals surface area contributed by atoms with Crippen LogP contribution in [0.3, 0.4) is 0 Å². The van der Waals surface area contributed by atoms with Crippen molar-refractivity contribution in [2.45, 2.75) is 0 Å². The van der Waals surface area contributed by atoms with Gasteiger partial charge in [-0.25, -0.2) is 9.69 Å². The van der Waals surface area contributed by atoms with E-state index in [0.717, 1.165) is 0 Å². The number of likely N-dealkylation sites (N-methyl/N-ethyl adjacent to an activating group) is 1. The molecule has 7 nitrogen and oxygen atoms in total. The van der Waals surface area contributed by atoms with Gasteiger partial charge in [-0.2, -0.15) is 0 Å². The normalized spacial score (nSPS) is 15.0. The first-order valence-electron chi connectivity index (χ1n) is 5.59. The zero-order valence-electron chi connectivity index (χ0n) is 10.4. The van der Waals surface area contributed by atoms with Gasteiger partial charge in [-0.05, 0) is 24.3 Å². The summed E-state index contributed by atoms with van der Waals surface area (Å²) in [4.78, 5) is 47.3. The first kappa shape index (κ1) is 14.0. The maximum atomic E-state index is 11.7. The average molecular weight is 296 g/mol. The van der Waals surface area contributed by atoms with Crippen molar-refractivity contribution in [3.8, 4) is 0 Å². The Morgan fingerprint density at radius 1 is 1.15 bits per heavy atom. The average Bonchev–Trinajstić information content (AvgIpc) is 2.59. The Morgan fingerprint density at radius 3 is 2.25 bits per heavy atom. The molecule has 0 radical (unpaired) electrons. The summed E-state index contributed by atoms with van der Waals surface area (Å²) in [6.45, 7) is -0.517. The number of benzene rings is 1. The molecule has 104 valence electrons. The zero-order chi connectivity index (χ0) is 14.9. The van der Waals surface area contributed by atoms with Crippen molar-refractivity contribution < 1.29 is 19.2 Å². The van der Waals surface area contributed by atoms with Crippen molar-refractivity contribution in [1.29, 1.82) is 0 Å². The summed E-state index contributed by atoms with van der Waals surface area (Å²) in [5, 5.41) is 3.01. The van der Waals surface area contributed by atoms with Crippen LogP contribution in [0.5, 0.6) is 0 Å². The Kier molecular flexibility index (Phi) is 3.71. The van der Waals surface area contributed by atoms with Crippen LogP contribution in [0.2, 0.25) is 5.02 Å². The molecule has 1 aromatic carbocycles. The molecule has 1 aliphatic rings. The summed E-state index contributed by atoms with van der Waals surface area (Å²) >= 11 is 5.70. The number of imide groups is 2. The van der Waals surface area contributed by atoms with Crippen LogP contribution >= 0.6 is 11.6 Å². The number of carbonyl (C=O) groups is 4. The molecule has 0 aliphatic carbocycles. The SMILES string of the molecule is CN1C(=O)C(=O)N(CC(=O)Nc2ccc(Cl)cc2)C1=O. The van der Waals surface area contributed by atoms with Crippen LogP contribution in [0.15, 0.2) is 24.3 Å². The van der Waals surface area contributed by atoms with Crippen molar-refractivity contribution in [2.24, 2.45) is 0 Å². The fourth-order valence-electron chi connectivity index (χ4n) is 1.63. The number of halogens is 1. The van der Waals surface area contributed by atoms with E-state index >= 15 is 0 Å². The lowest BCUT2D eigenvalue weighted by molar-refractivity contribution is -0.143. The standard InChI is InChI=1S/C12H10ClN3O4/c1-15-10(18)11(19)16(12(15)20)6-9(17)14-8-4-2-7(13)3-5-8/h2-5H,6H2,1H3,(H,14,17). The second-order valence-electron chi connectivity index (χ2n) is 4.09. The second-order valence-corrected chi connectivity index (χ2v) is 4.53. The molecule has 0 spiro atoms. The van der Waals surface area contributed by atoms with Gasteiger partial charge in [0.15, 0.2) is 0 Å². The summed E-state index contributed by atoms with van der Waals surface area (Å²) in [6.07, 6.45) is 0. The molecule has 0 unspecified atom stereocenters. The summed E-state index contributed by atoms with van der Waals surface area (Å²) in [5.41, 5.74) is 0.471. The highest BCUT2D eigenvalue weighted by molar-refractivity contribution is 6.44. The number of rotatable bonds is 3. The third-order valence-electron chi connectivity index (χ3n) is 2.68. The maximum absolute atomic E-state index is 11.7. The molecule has 1 aliphatic heterocycles. The number of hydrogen-bond acceptors (Lipinski definition) is 4. The Balaban J connectivity index is 2.02. The van der Waals surface area contributed by atoms with Crippen LogP contribution in [-0.2, 0) is 14.4 Å². The number of nitrogens with zero attached hydrogens (tertiary/aromatic N) is 2. The Bertz CT molecular complexity index is 599. The fourth-order valence-corrected chi connectivity index (χ4v) is 1.76. The maximum Gasteiger partial charge on any atom is 0.334 e. The van der Waals surface area contributed by atoms with E-state index in [4.69, 9.17) is 11.6 Å². The first-order valence-corrected chi connectivity index (χ1v) is 5.97. The molecule has 20 heavy (non-hydrogen) atoms. The first-order chi connectivity index (χ1) is 9.40. The quantitative estimate of drug-likeness (QED) is 0.657. The van der Waals surface area contributed by atoms with Gasteiger partial charge in [0, 0.05) is 17.8 Å². The van der Waals surface area contributed by atoms with Crippen LogP contribution < -0.4 is 5.32 Å². The highest BCUT2D eigenvalue weighted by atomic mass is 35.5. The van der Waals surface area contributed by atoms with E-state index in [1.807, 2.05) is 0 Å². The van der Waals surface area contributed by atoms with Gasteiger partial charge in [0.25, 0.3) is 0 Å². The van der Waals surface area contributed by atoms with Gasteiger partial charge < -0.3 is 5.32 Å². The minimum Gasteiger partial charge on any atom is -0.325 e. The third kappa shape index (κ3) is 2.62. The van der Waals surface area contributed by atoms with E-state index in [-0.39, 0.29) is 0 Å². The number of urea groups is 1. The summed E-state index contributed by atoms with van der Waals surface area (Å²) in [7, 11) is 1.18. The molecule has 0 atom stereocenters. The van der Waals surface area contributed by atoms with Gasteiger partial charge >= 0.3 is 17.8 Å². The predicted molar refractivity (Wildman–Crippen MR) is 70.0 cm³/mol. The molecule has 0 bridgehead atoms. The van der Waals surface area contributed by atoms with Crippen LogP contribution in [0.1, 0.15) is 0 Å². The fraction of sp³-hybridized carbons (Fsp3) is 0.167. The monoisotopic (exact) mass is 295 g/mol. The van der Waals surface area contributed by atoms with E-state index in [1.165, 1.54) is 7.05 Å². The summed E-state index contributed by atoms with van der Waals surface area (Å²) in [6, 6.07) is 5.50. The summed E-state index contributed by atoms with van der Waals surface area (Å²) < 4.78 is 0. The Labute approximate surface area is 119 Å². The molecule has 0 saturated carbocycles. The van der Waals surface area contributed by atoms with Crippen LogP contribution in [-0.4, -0.2) is 47.1 Å². The van der Waals surface area contributed by atoms with Crippen LogP contribution in [0.25, 0.3) is 0 Å². The van der Waals surface area contributed by atoms with Crippen molar-refractivity contribution in [1.82, 2.24) is 9.80 Å². The third-order valence-corrected chi connectivity index (χ3v) is 2.93. The molecular weight excluding hydrogens is 286 g/mol. The summed E-state index contributed by atoms with van der Waals surface area (Å²) in [5.74, 6) is -2.55. The van der Waals surface area contributed by atoms with Gasteiger partial charge in [-0.1, -0.05) is 11.6 Å². The Morgan fingerprint density at radius 2 is 1.75 bits per heavy atom. The van der Waals surface area contributed by atoms with Gasteiger partial charge in [0.1, 0.15) is 6.54 Å². The second kappa shape index (κ2) is 5.30. The van der Waals surface area contributed by atoms with E-state index in [2.05, 4.69) is 5.32 Å². The van der Waals surface area contributed by atoms with Gasteiger partial charge in [0.2, 0.25) is 5.91 Å². The van der Waals surface area contributed by atoms with Crippen LogP contribution in [0.4, 0.5) is 10.5 Å².